The Bertz CT molecular complexity index is 96.7. The van der Waals surface area contributed by atoms with Gasteiger partial charge in [0.25, 0.3) is 0 Å². The zero-order valence-electron chi connectivity index (χ0n) is 5.02. The van der Waals surface area contributed by atoms with E-state index in [-0.39, 0.29) is 5.48 Å². The van der Waals surface area contributed by atoms with Crippen LogP contribution in [0.15, 0.2) is 0 Å². The van der Waals surface area contributed by atoms with Crippen molar-refractivity contribution in [1.82, 2.24) is 0 Å². The minimum absolute atomic E-state index is 0. The van der Waals surface area contributed by atoms with Crippen LogP contribution >= 0.6 is 0 Å². The molecule has 2 radical (unpaired) electrons. The van der Waals surface area contributed by atoms with Gasteiger partial charge in [-0.2, -0.15) is 0 Å². The molecule has 0 saturated heterocycles. The summed E-state index contributed by atoms with van der Waals surface area (Å²) in [5.74, 6) is 0. The summed E-state index contributed by atoms with van der Waals surface area (Å²) < 4.78 is 64.2. The van der Waals surface area contributed by atoms with E-state index < -0.39 is 45.6 Å². The second kappa shape index (κ2) is 5.79. The van der Waals surface area contributed by atoms with Crippen LogP contribution < -0.4 is 28.0 Å². The fourth-order valence-corrected chi connectivity index (χ4v) is 2.97. The van der Waals surface area contributed by atoms with Crippen molar-refractivity contribution < 1.29 is 58.4 Å². The molecule has 0 fully saturated rings. The SMILES string of the molecule is O.[O-][Cl+3]([O-])([O-])[O][Pb][O][Cl+3]([O-])([O-])[O-]. The first-order valence-electron chi connectivity index (χ1n) is 1.64. The van der Waals surface area contributed by atoms with E-state index >= 15 is 0 Å². The molecule has 0 aromatic rings. The van der Waals surface area contributed by atoms with Crippen LogP contribution in [0.3, 0.4) is 0 Å². The van der Waals surface area contributed by atoms with E-state index in [9.17, 15) is 28.0 Å². The minimum atomic E-state index is -4.69. The van der Waals surface area contributed by atoms with E-state index in [1.807, 2.05) is 0 Å². The van der Waals surface area contributed by atoms with Crippen LogP contribution in [0.1, 0.15) is 0 Å². The number of hydrogen-bond donors (Lipinski definition) is 0. The summed E-state index contributed by atoms with van der Waals surface area (Å²) in [6.07, 6.45) is 0. The van der Waals surface area contributed by atoms with Gasteiger partial charge >= 0.3 is 78.1 Å². The van der Waals surface area contributed by atoms with Crippen molar-refractivity contribution in [3.8, 4) is 0 Å². The molecule has 0 unspecified atom stereocenters. The Labute approximate surface area is 83.4 Å². The number of hydrogen-bond acceptors (Lipinski definition) is 8. The van der Waals surface area contributed by atoms with Crippen LogP contribution in [0.4, 0.5) is 0 Å². The summed E-state index contributed by atoms with van der Waals surface area (Å²) in [5, 5.41) is 0. The fraction of sp³-hybridized carbons (Fsp3) is 0. The molecule has 0 heterocycles. The van der Waals surface area contributed by atoms with E-state index in [1.165, 1.54) is 0 Å². The molecule has 0 aromatic carbocycles. The van der Waals surface area contributed by atoms with E-state index in [0.717, 1.165) is 0 Å². The molecule has 2 N–H and O–H groups in total. The first-order chi connectivity index (χ1) is 4.71. The van der Waals surface area contributed by atoms with Gasteiger partial charge in [0.2, 0.25) is 0 Å². The Morgan fingerprint density at radius 1 is 0.750 bits per heavy atom. The van der Waals surface area contributed by atoms with Crippen molar-refractivity contribution in [3.63, 3.8) is 0 Å². The van der Waals surface area contributed by atoms with Crippen molar-refractivity contribution in [1.29, 1.82) is 0 Å². The standard InChI is InChI=1S/2ClHO4.H2O.Pb/c2*2-1(3,4)5;;/h2*(H,2,3,4,5);1H2;/q;;;+2/p-2. The molecule has 0 atom stereocenters. The van der Waals surface area contributed by atoms with Crippen molar-refractivity contribution in [2.24, 2.45) is 0 Å². The monoisotopic (exact) mass is 424 g/mol. The van der Waals surface area contributed by atoms with Gasteiger partial charge in [0.1, 0.15) is 0 Å². The summed E-state index contributed by atoms with van der Waals surface area (Å²) in [6, 6.07) is 0. The van der Waals surface area contributed by atoms with Crippen LogP contribution in [0.2, 0.25) is 0 Å². The predicted octanol–water partition coefficient (Wildman–Crippen LogP) is -8.48. The molecule has 0 spiro atoms. The van der Waals surface area contributed by atoms with Crippen molar-refractivity contribution in [2.45, 2.75) is 0 Å². The molecule has 0 aromatic heterocycles. The van der Waals surface area contributed by atoms with E-state index in [1.54, 1.807) is 0 Å². The summed E-state index contributed by atoms with van der Waals surface area (Å²) in [4.78, 5) is 0. The Balaban J connectivity index is 0. The maximum absolute atomic E-state index is 9.58. The molecular formula is H2Cl2O9Pb. The number of rotatable bonds is 4. The van der Waals surface area contributed by atoms with Gasteiger partial charge in [-0.3, -0.25) is 0 Å². The van der Waals surface area contributed by atoms with Crippen LogP contribution in [0.25, 0.3) is 0 Å². The average molecular weight is 424 g/mol. The molecule has 0 bridgehead atoms. The van der Waals surface area contributed by atoms with Gasteiger partial charge in [0, 0.05) is 0 Å². The second-order valence-corrected chi connectivity index (χ2v) is 7.06. The van der Waals surface area contributed by atoms with Crippen molar-refractivity contribution >= 4 is 25.1 Å². The topological polar surface area (TPSA) is 188 Å². The third-order valence-corrected chi connectivity index (χ3v) is 6.63. The van der Waals surface area contributed by atoms with E-state index in [2.05, 4.69) is 4.48 Å². The van der Waals surface area contributed by atoms with Gasteiger partial charge < -0.3 is 5.48 Å². The summed E-state index contributed by atoms with van der Waals surface area (Å²) >= 11 is -3.09. The first-order valence-corrected chi connectivity index (χ1v) is 7.29. The normalized spacial score (nSPS) is 12.5. The summed E-state index contributed by atoms with van der Waals surface area (Å²) in [7, 11) is -9.38. The first kappa shape index (κ1) is 15.6. The van der Waals surface area contributed by atoms with E-state index in [4.69, 9.17) is 0 Å². The van der Waals surface area contributed by atoms with Gasteiger partial charge in [-0.15, -0.1) is 0 Å². The molecule has 12 heavy (non-hydrogen) atoms. The van der Waals surface area contributed by atoms with Crippen LogP contribution in [0.5, 0.6) is 0 Å². The molecular weight excluding hydrogens is 422 g/mol. The molecule has 9 nitrogen and oxygen atoms in total. The molecule has 0 rings (SSSR count). The molecule has 12 heteroatoms. The van der Waals surface area contributed by atoms with Crippen LogP contribution in [0, 0.1) is 20.5 Å². The Morgan fingerprint density at radius 3 is 1.17 bits per heavy atom. The fourth-order valence-electron chi connectivity index (χ4n) is 0.0891. The van der Waals surface area contributed by atoms with Crippen LogP contribution in [-0.2, 0) is 4.48 Å². The van der Waals surface area contributed by atoms with Crippen LogP contribution in [-0.4, -0.2) is 30.6 Å². The third kappa shape index (κ3) is 13.7. The molecule has 0 amide bonds. The summed E-state index contributed by atoms with van der Waals surface area (Å²) in [6.45, 7) is 0. The molecule has 0 aliphatic heterocycles. The second-order valence-electron chi connectivity index (χ2n) is 0.994. The zero-order chi connectivity index (χ0) is 9.12. The third-order valence-electron chi connectivity index (χ3n) is 0.252. The average Bonchev–Trinajstić information content (AvgIpc) is 1.55. The van der Waals surface area contributed by atoms with Crippen molar-refractivity contribution in [2.75, 3.05) is 0 Å². The molecule has 0 aliphatic rings. The molecule has 0 saturated carbocycles. The summed E-state index contributed by atoms with van der Waals surface area (Å²) in [5.41, 5.74) is 0. The quantitative estimate of drug-likeness (QED) is 0.398. The zero-order valence-corrected chi connectivity index (χ0v) is 10.4. The maximum atomic E-state index is 9.58. The Hall–Kier alpha value is 1.14. The number of halogens is 2. The van der Waals surface area contributed by atoms with E-state index in [0.29, 0.717) is 0 Å². The van der Waals surface area contributed by atoms with Gasteiger partial charge in [-0.1, -0.05) is 0 Å². The van der Waals surface area contributed by atoms with Gasteiger partial charge in [-0.05, 0) is 0 Å². The van der Waals surface area contributed by atoms with Gasteiger partial charge in [-0.25, -0.2) is 0 Å². The Morgan fingerprint density at radius 2 is 1.00 bits per heavy atom. The van der Waals surface area contributed by atoms with Gasteiger partial charge in [0.05, 0.1) is 0 Å². The van der Waals surface area contributed by atoms with Crippen molar-refractivity contribution in [3.05, 3.63) is 0 Å². The predicted molar refractivity (Wildman–Crippen MR) is 11.5 cm³/mol. The Kier molecular flexibility index (Phi) is 7.52. The molecule has 74 valence electrons. The molecule has 0 aliphatic carbocycles. The van der Waals surface area contributed by atoms with Gasteiger partial charge in [0.15, 0.2) is 0 Å².